The van der Waals surface area contributed by atoms with E-state index in [9.17, 15) is 9.59 Å². The number of hydrogen-bond donors (Lipinski definition) is 2. The lowest BCUT2D eigenvalue weighted by atomic mass is 10.1. The van der Waals surface area contributed by atoms with Crippen molar-refractivity contribution in [1.29, 1.82) is 0 Å². The predicted molar refractivity (Wildman–Crippen MR) is 96.2 cm³/mol. The molecule has 2 aromatic carbocycles. The average molecular weight is 366 g/mol. The van der Waals surface area contributed by atoms with E-state index < -0.39 is 11.8 Å². The molecule has 138 valence electrons. The molecule has 3 aromatic rings. The van der Waals surface area contributed by atoms with Crippen molar-refractivity contribution >= 4 is 11.8 Å². The second-order valence-corrected chi connectivity index (χ2v) is 5.86. The molecule has 2 N–H and O–H groups in total. The number of aryl methyl sites for hydroxylation is 2. The van der Waals surface area contributed by atoms with E-state index in [0.29, 0.717) is 11.3 Å². The number of hydrazine groups is 1. The number of hydrogen-bond acceptors (Lipinski definition) is 6. The highest BCUT2D eigenvalue weighted by Crippen LogP contribution is 2.14. The summed E-state index contributed by atoms with van der Waals surface area (Å²) in [6, 6.07) is 12.4. The van der Waals surface area contributed by atoms with Crippen LogP contribution < -0.4 is 15.6 Å². The summed E-state index contributed by atoms with van der Waals surface area (Å²) in [4.78, 5) is 24.0. The molecule has 0 saturated heterocycles. The summed E-state index contributed by atoms with van der Waals surface area (Å²) in [5.74, 6) is -0.317. The molecule has 0 aliphatic carbocycles. The first-order valence-corrected chi connectivity index (χ1v) is 8.15. The van der Waals surface area contributed by atoms with Crippen LogP contribution in [0.4, 0.5) is 0 Å². The number of tetrazole rings is 1. The van der Waals surface area contributed by atoms with Crippen molar-refractivity contribution in [2.45, 2.75) is 13.8 Å². The monoisotopic (exact) mass is 366 g/mol. The fraction of sp³-hybridized carbons (Fsp3) is 0.167. The maximum Gasteiger partial charge on any atom is 0.276 e. The van der Waals surface area contributed by atoms with Gasteiger partial charge in [-0.1, -0.05) is 12.1 Å². The van der Waals surface area contributed by atoms with E-state index in [-0.39, 0.29) is 6.61 Å². The summed E-state index contributed by atoms with van der Waals surface area (Å²) < 4.78 is 6.88. The van der Waals surface area contributed by atoms with Crippen LogP contribution in [0.3, 0.4) is 0 Å². The van der Waals surface area contributed by atoms with E-state index in [1.54, 1.807) is 24.3 Å². The van der Waals surface area contributed by atoms with E-state index >= 15 is 0 Å². The van der Waals surface area contributed by atoms with Crippen molar-refractivity contribution in [3.63, 3.8) is 0 Å². The summed E-state index contributed by atoms with van der Waals surface area (Å²) in [6.45, 7) is 3.56. The van der Waals surface area contributed by atoms with Gasteiger partial charge in [0.2, 0.25) is 0 Å². The second-order valence-electron chi connectivity index (χ2n) is 5.86. The Kier molecular flexibility index (Phi) is 5.41. The van der Waals surface area contributed by atoms with Crippen LogP contribution in [0.2, 0.25) is 0 Å². The first-order valence-electron chi connectivity index (χ1n) is 8.15. The standard InChI is InChI=1S/C18H18N6O3/c1-12-4-3-5-15(8-12)27-10-17(25)20-21-18(26)14-6-7-16(13(2)9-14)24-11-19-22-23-24/h3-9,11H,10H2,1-2H3,(H,20,25)(H,21,26). The molecule has 0 fully saturated rings. The summed E-state index contributed by atoms with van der Waals surface area (Å²) in [7, 11) is 0. The predicted octanol–water partition coefficient (Wildman–Crippen LogP) is 1.12. The highest BCUT2D eigenvalue weighted by atomic mass is 16.5. The quantitative estimate of drug-likeness (QED) is 0.655. The van der Waals surface area contributed by atoms with Gasteiger partial charge in [0.25, 0.3) is 11.8 Å². The molecule has 9 heteroatoms. The summed E-state index contributed by atoms with van der Waals surface area (Å²) in [5, 5.41) is 11.0. The molecule has 0 bridgehead atoms. The number of benzene rings is 2. The molecule has 0 spiro atoms. The Hall–Kier alpha value is -3.75. The van der Waals surface area contributed by atoms with Gasteiger partial charge in [-0.25, -0.2) is 4.68 Å². The van der Waals surface area contributed by atoms with Crippen LogP contribution in [0.5, 0.6) is 5.75 Å². The summed E-state index contributed by atoms with van der Waals surface area (Å²) >= 11 is 0. The van der Waals surface area contributed by atoms with Crippen molar-refractivity contribution in [3.8, 4) is 11.4 Å². The molecule has 1 heterocycles. The number of nitrogens with zero attached hydrogens (tertiary/aromatic N) is 4. The van der Waals surface area contributed by atoms with Gasteiger partial charge in [0.1, 0.15) is 12.1 Å². The smallest absolute Gasteiger partial charge is 0.276 e. The van der Waals surface area contributed by atoms with Crippen LogP contribution in [-0.4, -0.2) is 38.6 Å². The zero-order valence-electron chi connectivity index (χ0n) is 14.8. The van der Waals surface area contributed by atoms with Gasteiger partial charge in [-0.2, -0.15) is 0 Å². The van der Waals surface area contributed by atoms with Crippen LogP contribution in [0, 0.1) is 13.8 Å². The molecule has 0 radical (unpaired) electrons. The number of amides is 2. The van der Waals surface area contributed by atoms with Crippen LogP contribution in [-0.2, 0) is 4.79 Å². The van der Waals surface area contributed by atoms with Gasteiger partial charge in [-0.3, -0.25) is 20.4 Å². The zero-order chi connectivity index (χ0) is 19.2. The molecule has 0 aliphatic rings. The molecule has 9 nitrogen and oxygen atoms in total. The van der Waals surface area contributed by atoms with E-state index in [0.717, 1.165) is 16.8 Å². The van der Waals surface area contributed by atoms with Crippen molar-refractivity contribution < 1.29 is 14.3 Å². The molecular formula is C18H18N6O3. The molecule has 0 atom stereocenters. The third-order valence-corrected chi connectivity index (χ3v) is 3.73. The van der Waals surface area contributed by atoms with Crippen molar-refractivity contribution in [1.82, 2.24) is 31.1 Å². The Morgan fingerprint density at radius 2 is 1.96 bits per heavy atom. The normalized spacial score (nSPS) is 10.3. The van der Waals surface area contributed by atoms with Gasteiger partial charge < -0.3 is 4.74 Å². The van der Waals surface area contributed by atoms with Gasteiger partial charge in [-0.15, -0.1) is 5.10 Å². The Morgan fingerprint density at radius 1 is 1.11 bits per heavy atom. The van der Waals surface area contributed by atoms with Gasteiger partial charge >= 0.3 is 0 Å². The highest BCUT2D eigenvalue weighted by molar-refractivity contribution is 5.95. The Labute approximate surface area is 155 Å². The molecule has 2 amide bonds. The fourth-order valence-electron chi connectivity index (χ4n) is 2.41. The third-order valence-electron chi connectivity index (χ3n) is 3.73. The lowest BCUT2D eigenvalue weighted by Gasteiger charge is -2.10. The van der Waals surface area contributed by atoms with Gasteiger partial charge in [0.15, 0.2) is 6.61 Å². The third kappa shape index (κ3) is 4.66. The first kappa shape index (κ1) is 18.1. The minimum absolute atomic E-state index is 0.207. The highest BCUT2D eigenvalue weighted by Gasteiger charge is 2.11. The number of carbonyl (C=O) groups is 2. The maximum absolute atomic E-state index is 12.2. The second kappa shape index (κ2) is 8.09. The molecule has 1 aromatic heterocycles. The number of aromatic nitrogens is 4. The first-order chi connectivity index (χ1) is 13.0. The van der Waals surface area contributed by atoms with Gasteiger partial charge in [0.05, 0.1) is 5.69 Å². The number of ether oxygens (including phenoxy) is 1. The number of nitrogens with one attached hydrogen (secondary N) is 2. The zero-order valence-corrected chi connectivity index (χ0v) is 14.8. The molecule has 0 saturated carbocycles. The minimum atomic E-state index is -0.466. The Balaban J connectivity index is 1.53. The molecule has 0 unspecified atom stereocenters. The van der Waals surface area contributed by atoms with Crippen molar-refractivity contribution in [2.24, 2.45) is 0 Å². The fourth-order valence-corrected chi connectivity index (χ4v) is 2.41. The molecule has 3 rings (SSSR count). The van der Waals surface area contributed by atoms with Crippen molar-refractivity contribution in [2.75, 3.05) is 6.61 Å². The van der Waals surface area contributed by atoms with Crippen LogP contribution in [0.25, 0.3) is 5.69 Å². The molecule has 27 heavy (non-hydrogen) atoms. The summed E-state index contributed by atoms with van der Waals surface area (Å²) in [6.07, 6.45) is 1.47. The van der Waals surface area contributed by atoms with E-state index in [1.165, 1.54) is 11.0 Å². The summed E-state index contributed by atoms with van der Waals surface area (Å²) in [5.41, 5.74) is 7.68. The van der Waals surface area contributed by atoms with Crippen LogP contribution in [0.15, 0.2) is 48.8 Å². The minimum Gasteiger partial charge on any atom is -0.484 e. The van der Waals surface area contributed by atoms with Crippen LogP contribution >= 0.6 is 0 Å². The van der Waals surface area contributed by atoms with Crippen molar-refractivity contribution in [3.05, 3.63) is 65.5 Å². The number of carbonyl (C=O) groups excluding carboxylic acids is 2. The molecule has 0 aliphatic heterocycles. The average Bonchev–Trinajstić information content (AvgIpc) is 3.19. The number of rotatable bonds is 5. The SMILES string of the molecule is Cc1cccc(OCC(=O)NNC(=O)c2ccc(-n3cnnn3)c(C)c2)c1. The van der Waals surface area contributed by atoms with E-state index in [4.69, 9.17) is 4.74 Å². The molecular weight excluding hydrogens is 348 g/mol. The Morgan fingerprint density at radius 3 is 2.67 bits per heavy atom. The Bertz CT molecular complexity index is 955. The largest absolute Gasteiger partial charge is 0.484 e. The topological polar surface area (TPSA) is 111 Å². The lowest BCUT2D eigenvalue weighted by Crippen LogP contribution is -2.43. The van der Waals surface area contributed by atoms with Crippen LogP contribution in [0.1, 0.15) is 21.5 Å². The van der Waals surface area contributed by atoms with Gasteiger partial charge in [0, 0.05) is 5.56 Å². The maximum atomic E-state index is 12.2. The lowest BCUT2D eigenvalue weighted by molar-refractivity contribution is -0.123. The van der Waals surface area contributed by atoms with E-state index in [2.05, 4.69) is 26.4 Å². The van der Waals surface area contributed by atoms with E-state index in [1.807, 2.05) is 32.0 Å². The van der Waals surface area contributed by atoms with Gasteiger partial charge in [-0.05, 0) is 65.7 Å².